The lowest BCUT2D eigenvalue weighted by Crippen LogP contribution is -2.54. The molecule has 0 aromatic heterocycles. The van der Waals surface area contributed by atoms with Crippen molar-refractivity contribution in [1.82, 2.24) is 10.2 Å². The zero-order chi connectivity index (χ0) is 26.8. The predicted molar refractivity (Wildman–Crippen MR) is 153 cm³/mol. The maximum atomic E-state index is 13.7. The molecule has 3 aromatic rings. The van der Waals surface area contributed by atoms with Gasteiger partial charge in [-0.05, 0) is 61.7 Å². The molecule has 0 heterocycles. The third-order valence-corrected chi connectivity index (χ3v) is 6.93. The van der Waals surface area contributed by atoms with E-state index in [0.717, 1.165) is 22.4 Å². The summed E-state index contributed by atoms with van der Waals surface area (Å²) in [4.78, 5) is 29.0. The Hall–Kier alpha value is -2.96. The smallest absolute Gasteiger partial charge is 0.243 e. The van der Waals surface area contributed by atoms with Crippen LogP contribution >= 0.6 is 23.4 Å². The number of halogens is 1. The van der Waals surface area contributed by atoms with Gasteiger partial charge in [0.05, 0.1) is 12.9 Å². The van der Waals surface area contributed by atoms with Crippen molar-refractivity contribution in [1.29, 1.82) is 0 Å². The lowest BCUT2D eigenvalue weighted by atomic mass is 10.0. The van der Waals surface area contributed by atoms with Crippen LogP contribution in [0.3, 0.4) is 0 Å². The molecular weight excluding hydrogens is 504 g/mol. The molecule has 1 atom stereocenters. The molecule has 196 valence electrons. The van der Waals surface area contributed by atoms with E-state index >= 15 is 0 Å². The van der Waals surface area contributed by atoms with Gasteiger partial charge in [0.25, 0.3) is 0 Å². The Bertz CT molecular complexity index is 1150. The number of nitrogens with one attached hydrogen (secondary N) is 1. The SMILES string of the molecule is COc1ccc(CSCC(=O)N(Cc2ccc(Cl)cc2)[C@@H](Cc2ccccc2)C(=O)NC(C)(C)C)cc1. The van der Waals surface area contributed by atoms with Crippen LogP contribution in [0.1, 0.15) is 37.5 Å². The topological polar surface area (TPSA) is 58.6 Å². The quantitative estimate of drug-likeness (QED) is 0.319. The van der Waals surface area contributed by atoms with Crippen LogP contribution in [0.5, 0.6) is 5.75 Å². The van der Waals surface area contributed by atoms with Crippen LogP contribution in [0, 0.1) is 0 Å². The second-order valence-electron chi connectivity index (χ2n) is 9.93. The van der Waals surface area contributed by atoms with Crippen LogP contribution in [-0.2, 0) is 28.3 Å². The van der Waals surface area contributed by atoms with Crippen molar-refractivity contribution in [3.63, 3.8) is 0 Å². The second kappa shape index (κ2) is 13.5. The summed E-state index contributed by atoms with van der Waals surface area (Å²) in [5, 5.41) is 3.72. The van der Waals surface area contributed by atoms with Crippen molar-refractivity contribution in [2.24, 2.45) is 0 Å². The predicted octanol–water partition coefficient (Wildman–Crippen LogP) is 6.14. The van der Waals surface area contributed by atoms with Crippen molar-refractivity contribution in [2.75, 3.05) is 12.9 Å². The Labute approximate surface area is 229 Å². The van der Waals surface area contributed by atoms with Crippen LogP contribution < -0.4 is 10.1 Å². The summed E-state index contributed by atoms with van der Waals surface area (Å²) >= 11 is 7.63. The largest absolute Gasteiger partial charge is 0.497 e. The normalized spacial score (nSPS) is 12.0. The van der Waals surface area contributed by atoms with Crippen molar-refractivity contribution >= 4 is 35.2 Å². The summed E-state index contributed by atoms with van der Waals surface area (Å²) in [5.74, 6) is 1.49. The third-order valence-electron chi connectivity index (χ3n) is 5.69. The molecule has 0 saturated heterocycles. The number of amides is 2. The van der Waals surface area contributed by atoms with Gasteiger partial charge in [0, 0.05) is 29.3 Å². The van der Waals surface area contributed by atoms with Gasteiger partial charge in [0.2, 0.25) is 11.8 Å². The van der Waals surface area contributed by atoms with Crippen LogP contribution in [0.15, 0.2) is 78.9 Å². The molecule has 0 spiro atoms. The fraction of sp³-hybridized carbons (Fsp3) is 0.333. The summed E-state index contributed by atoms with van der Waals surface area (Å²) in [6, 6.07) is 24.4. The van der Waals surface area contributed by atoms with Gasteiger partial charge in [-0.2, -0.15) is 0 Å². The van der Waals surface area contributed by atoms with Gasteiger partial charge < -0.3 is 15.0 Å². The average molecular weight is 539 g/mol. The van der Waals surface area contributed by atoms with Crippen molar-refractivity contribution < 1.29 is 14.3 Å². The van der Waals surface area contributed by atoms with E-state index in [2.05, 4.69) is 5.32 Å². The first-order chi connectivity index (χ1) is 17.6. The van der Waals surface area contributed by atoms with E-state index in [1.54, 1.807) is 24.1 Å². The van der Waals surface area contributed by atoms with Crippen molar-refractivity contribution in [2.45, 2.75) is 51.1 Å². The molecule has 37 heavy (non-hydrogen) atoms. The number of nitrogens with zero attached hydrogens (tertiary/aromatic N) is 1. The van der Waals surface area contributed by atoms with Crippen LogP contribution in [0.2, 0.25) is 5.02 Å². The first-order valence-corrected chi connectivity index (χ1v) is 13.8. The summed E-state index contributed by atoms with van der Waals surface area (Å²) in [5.41, 5.74) is 2.59. The average Bonchev–Trinajstić information content (AvgIpc) is 2.87. The van der Waals surface area contributed by atoms with Gasteiger partial charge in [-0.3, -0.25) is 9.59 Å². The Morgan fingerprint density at radius 1 is 0.919 bits per heavy atom. The standard InChI is InChI=1S/C30H35ClN2O3S/c1-30(2,3)32-29(35)27(18-22-8-6-5-7-9-22)33(19-23-10-14-25(31)15-11-23)28(34)21-37-20-24-12-16-26(36-4)17-13-24/h5-17,27H,18-21H2,1-4H3,(H,32,35)/t27-/m0/s1. The number of benzene rings is 3. The molecule has 0 aliphatic heterocycles. The van der Waals surface area contributed by atoms with E-state index in [1.807, 2.05) is 87.5 Å². The number of carbonyl (C=O) groups excluding carboxylic acids is 2. The van der Waals surface area contributed by atoms with Gasteiger partial charge in [-0.25, -0.2) is 0 Å². The van der Waals surface area contributed by atoms with Crippen molar-refractivity contribution in [3.05, 3.63) is 101 Å². The number of carbonyl (C=O) groups is 2. The molecule has 0 aliphatic rings. The Kier molecular flexibility index (Phi) is 10.5. The van der Waals surface area contributed by atoms with Crippen LogP contribution in [0.25, 0.3) is 0 Å². The van der Waals surface area contributed by atoms with Gasteiger partial charge in [0.1, 0.15) is 11.8 Å². The summed E-state index contributed by atoms with van der Waals surface area (Å²) in [6.45, 7) is 6.15. The fourth-order valence-electron chi connectivity index (χ4n) is 3.85. The minimum atomic E-state index is -0.661. The van der Waals surface area contributed by atoms with Gasteiger partial charge >= 0.3 is 0 Å². The summed E-state index contributed by atoms with van der Waals surface area (Å²) in [6.07, 6.45) is 0.422. The van der Waals surface area contributed by atoms with Gasteiger partial charge in [-0.15, -0.1) is 11.8 Å². The van der Waals surface area contributed by atoms with E-state index in [-0.39, 0.29) is 17.6 Å². The molecule has 0 aliphatic carbocycles. The first kappa shape index (κ1) is 28.6. The molecule has 0 saturated carbocycles. The number of thioether (sulfide) groups is 1. The second-order valence-corrected chi connectivity index (χ2v) is 11.4. The summed E-state index contributed by atoms with van der Waals surface area (Å²) < 4.78 is 5.23. The molecule has 7 heteroatoms. The Balaban J connectivity index is 1.84. The Morgan fingerprint density at radius 2 is 1.54 bits per heavy atom. The third kappa shape index (κ3) is 9.45. The molecule has 0 fully saturated rings. The summed E-state index contributed by atoms with van der Waals surface area (Å²) in [7, 11) is 1.64. The molecule has 5 nitrogen and oxygen atoms in total. The van der Waals surface area contributed by atoms with E-state index < -0.39 is 11.6 Å². The zero-order valence-electron chi connectivity index (χ0n) is 21.9. The number of ether oxygens (including phenoxy) is 1. The molecule has 1 N–H and O–H groups in total. The number of hydrogen-bond donors (Lipinski definition) is 1. The highest BCUT2D eigenvalue weighted by Crippen LogP contribution is 2.21. The Morgan fingerprint density at radius 3 is 2.14 bits per heavy atom. The van der Waals surface area contributed by atoms with E-state index in [0.29, 0.717) is 23.7 Å². The van der Waals surface area contributed by atoms with Crippen LogP contribution in [-0.4, -0.2) is 41.2 Å². The van der Waals surface area contributed by atoms with Gasteiger partial charge in [0.15, 0.2) is 0 Å². The number of hydrogen-bond acceptors (Lipinski definition) is 4. The number of rotatable bonds is 11. The highest BCUT2D eigenvalue weighted by atomic mass is 35.5. The minimum absolute atomic E-state index is 0.0848. The maximum Gasteiger partial charge on any atom is 0.243 e. The highest BCUT2D eigenvalue weighted by Gasteiger charge is 2.32. The minimum Gasteiger partial charge on any atom is -0.497 e. The van der Waals surface area contributed by atoms with E-state index in [9.17, 15) is 9.59 Å². The molecule has 0 bridgehead atoms. The van der Waals surface area contributed by atoms with E-state index in [1.165, 1.54) is 11.8 Å². The van der Waals surface area contributed by atoms with Crippen molar-refractivity contribution in [3.8, 4) is 5.75 Å². The molecular formula is C30H35ClN2O3S. The molecule has 3 rings (SSSR count). The molecule has 0 radical (unpaired) electrons. The highest BCUT2D eigenvalue weighted by molar-refractivity contribution is 7.99. The molecule has 0 unspecified atom stereocenters. The first-order valence-electron chi connectivity index (χ1n) is 12.2. The van der Waals surface area contributed by atoms with Gasteiger partial charge in [-0.1, -0.05) is 66.2 Å². The van der Waals surface area contributed by atoms with Crippen LogP contribution in [0.4, 0.5) is 0 Å². The number of methoxy groups -OCH3 is 1. The zero-order valence-corrected chi connectivity index (χ0v) is 23.4. The molecule has 3 aromatic carbocycles. The molecule has 2 amide bonds. The lowest BCUT2D eigenvalue weighted by molar-refractivity contribution is -0.140. The maximum absolute atomic E-state index is 13.7. The monoisotopic (exact) mass is 538 g/mol. The van der Waals surface area contributed by atoms with E-state index in [4.69, 9.17) is 16.3 Å². The fourth-order valence-corrected chi connectivity index (χ4v) is 4.85. The lowest BCUT2D eigenvalue weighted by Gasteiger charge is -2.34.